The van der Waals surface area contributed by atoms with Crippen LogP contribution < -0.4 is 0 Å². The third-order valence-corrected chi connectivity index (χ3v) is 1.17. The molecule has 0 radical (unpaired) electrons. The first-order valence-electron chi connectivity index (χ1n) is 3.46. The van der Waals surface area contributed by atoms with E-state index >= 15 is 0 Å². The molecule has 11 heavy (non-hydrogen) atoms. The first-order chi connectivity index (χ1) is 5.33. The van der Waals surface area contributed by atoms with E-state index in [0.29, 0.717) is 12.4 Å². The van der Waals surface area contributed by atoms with Crippen LogP contribution in [0.3, 0.4) is 0 Å². The van der Waals surface area contributed by atoms with E-state index in [9.17, 15) is 4.79 Å². The lowest BCUT2D eigenvalue weighted by atomic mass is 10.4. The van der Waals surface area contributed by atoms with Crippen molar-refractivity contribution in [2.45, 2.75) is 13.3 Å². The molecular formula is C7H10N2O2. The standard InChI is InChI=1S/C7H10N2O2/c1-2-11-7(10)5-6-8-3-4-9-6/h3-4H,2,5H2,1H3,(H,8,9). The van der Waals surface area contributed by atoms with Gasteiger partial charge in [-0.1, -0.05) is 0 Å². The van der Waals surface area contributed by atoms with Gasteiger partial charge in [-0.25, -0.2) is 4.98 Å². The maximum absolute atomic E-state index is 10.8. The van der Waals surface area contributed by atoms with Crippen molar-refractivity contribution >= 4 is 5.97 Å². The summed E-state index contributed by atoms with van der Waals surface area (Å²) in [5.74, 6) is 0.394. The molecule has 0 saturated carbocycles. The van der Waals surface area contributed by atoms with Gasteiger partial charge in [0.1, 0.15) is 12.2 Å². The molecule has 0 spiro atoms. The fourth-order valence-electron chi connectivity index (χ4n) is 0.743. The van der Waals surface area contributed by atoms with Crippen LogP contribution in [0.1, 0.15) is 12.7 Å². The van der Waals surface area contributed by atoms with Crippen molar-refractivity contribution < 1.29 is 9.53 Å². The number of H-pyrrole nitrogens is 1. The first kappa shape index (κ1) is 7.78. The number of nitrogens with one attached hydrogen (secondary N) is 1. The molecule has 0 saturated heterocycles. The second-order valence-corrected chi connectivity index (χ2v) is 2.02. The Balaban J connectivity index is 2.37. The zero-order valence-electron chi connectivity index (χ0n) is 6.33. The molecule has 4 nitrogen and oxygen atoms in total. The SMILES string of the molecule is CCOC(=O)Cc1ncc[nH]1. The maximum atomic E-state index is 10.8. The van der Waals surface area contributed by atoms with Crippen molar-refractivity contribution in [1.29, 1.82) is 0 Å². The van der Waals surface area contributed by atoms with E-state index in [2.05, 4.69) is 9.97 Å². The molecule has 0 aromatic carbocycles. The van der Waals surface area contributed by atoms with Crippen molar-refractivity contribution in [2.75, 3.05) is 6.61 Å². The molecule has 0 aliphatic heterocycles. The van der Waals surface area contributed by atoms with E-state index in [4.69, 9.17) is 4.74 Å². The van der Waals surface area contributed by atoms with Gasteiger partial charge in [0.2, 0.25) is 0 Å². The molecule has 0 bridgehead atoms. The second kappa shape index (κ2) is 3.75. The van der Waals surface area contributed by atoms with Gasteiger partial charge in [-0.3, -0.25) is 4.79 Å². The van der Waals surface area contributed by atoms with Crippen LogP contribution in [0.2, 0.25) is 0 Å². The van der Waals surface area contributed by atoms with Crippen LogP contribution in [0.5, 0.6) is 0 Å². The Morgan fingerprint density at radius 3 is 3.18 bits per heavy atom. The fourth-order valence-corrected chi connectivity index (χ4v) is 0.743. The Morgan fingerprint density at radius 2 is 2.64 bits per heavy atom. The van der Waals surface area contributed by atoms with Gasteiger partial charge in [0.15, 0.2) is 0 Å². The van der Waals surface area contributed by atoms with Gasteiger partial charge in [0.25, 0.3) is 0 Å². The van der Waals surface area contributed by atoms with Crippen molar-refractivity contribution in [1.82, 2.24) is 9.97 Å². The Bertz CT molecular complexity index is 218. The van der Waals surface area contributed by atoms with E-state index in [-0.39, 0.29) is 12.4 Å². The smallest absolute Gasteiger partial charge is 0.313 e. The van der Waals surface area contributed by atoms with Crippen LogP contribution in [0.25, 0.3) is 0 Å². The summed E-state index contributed by atoms with van der Waals surface area (Å²) in [4.78, 5) is 17.5. The summed E-state index contributed by atoms with van der Waals surface area (Å²) in [6.45, 7) is 2.19. The topological polar surface area (TPSA) is 55.0 Å². The summed E-state index contributed by atoms with van der Waals surface area (Å²) in [7, 11) is 0. The lowest BCUT2D eigenvalue weighted by Crippen LogP contribution is -2.08. The number of hydrogen-bond acceptors (Lipinski definition) is 3. The molecule has 0 unspecified atom stereocenters. The number of carbonyl (C=O) groups excluding carboxylic acids is 1. The van der Waals surface area contributed by atoms with E-state index in [1.807, 2.05) is 0 Å². The third-order valence-electron chi connectivity index (χ3n) is 1.17. The summed E-state index contributed by atoms with van der Waals surface area (Å²) >= 11 is 0. The van der Waals surface area contributed by atoms with Gasteiger partial charge >= 0.3 is 5.97 Å². The minimum atomic E-state index is -0.248. The summed E-state index contributed by atoms with van der Waals surface area (Å²) < 4.78 is 4.72. The van der Waals surface area contributed by atoms with Crippen molar-refractivity contribution in [2.24, 2.45) is 0 Å². The number of rotatable bonds is 3. The molecular weight excluding hydrogens is 144 g/mol. The highest BCUT2D eigenvalue weighted by atomic mass is 16.5. The van der Waals surface area contributed by atoms with Crippen molar-refractivity contribution in [3.05, 3.63) is 18.2 Å². The average molecular weight is 154 g/mol. The van der Waals surface area contributed by atoms with Crippen LogP contribution in [0.4, 0.5) is 0 Å². The van der Waals surface area contributed by atoms with Crippen LogP contribution in [0, 0.1) is 0 Å². The lowest BCUT2D eigenvalue weighted by molar-refractivity contribution is -0.142. The van der Waals surface area contributed by atoms with Gasteiger partial charge in [-0.05, 0) is 6.92 Å². The fraction of sp³-hybridized carbons (Fsp3) is 0.429. The van der Waals surface area contributed by atoms with Crippen molar-refractivity contribution in [3.63, 3.8) is 0 Å². The highest BCUT2D eigenvalue weighted by molar-refractivity contribution is 5.71. The molecule has 1 heterocycles. The predicted molar refractivity (Wildman–Crippen MR) is 38.9 cm³/mol. The van der Waals surface area contributed by atoms with Gasteiger partial charge < -0.3 is 9.72 Å². The minimum Gasteiger partial charge on any atom is -0.466 e. The van der Waals surface area contributed by atoms with E-state index in [0.717, 1.165) is 0 Å². The zero-order valence-corrected chi connectivity index (χ0v) is 6.33. The number of imidazole rings is 1. The molecule has 0 fully saturated rings. The van der Waals surface area contributed by atoms with Gasteiger partial charge in [-0.15, -0.1) is 0 Å². The summed E-state index contributed by atoms with van der Waals surface area (Å²) in [6.07, 6.45) is 3.50. The Labute approximate surface area is 64.6 Å². The zero-order chi connectivity index (χ0) is 8.10. The number of esters is 1. The minimum absolute atomic E-state index is 0.223. The molecule has 60 valence electrons. The molecule has 0 atom stereocenters. The van der Waals surface area contributed by atoms with Crippen LogP contribution in [-0.4, -0.2) is 22.5 Å². The second-order valence-electron chi connectivity index (χ2n) is 2.02. The molecule has 4 heteroatoms. The normalized spacial score (nSPS) is 9.55. The van der Waals surface area contributed by atoms with Crippen LogP contribution in [0.15, 0.2) is 12.4 Å². The summed E-state index contributed by atoms with van der Waals surface area (Å²) in [5.41, 5.74) is 0. The summed E-state index contributed by atoms with van der Waals surface area (Å²) in [5, 5.41) is 0. The van der Waals surface area contributed by atoms with Crippen LogP contribution >= 0.6 is 0 Å². The Kier molecular flexibility index (Phi) is 2.66. The number of aromatic amines is 1. The predicted octanol–water partition coefficient (Wildman–Crippen LogP) is 0.515. The van der Waals surface area contributed by atoms with E-state index in [1.165, 1.54) is 0 Å². The number of hydrogen-bond donors (Lipinski definition) is 1. The molecule has 0 aliphatic rings. The average Bonchev–Trinajstić information content (AvgIpc) is 2.40. The molecule has 1 N–H and O–H groups in total. The molecule has 1 aromatic rings. The number of ether oxygens (including phenoxy) is 1. The molecule has 0 aliphatic carbocycles. The monoisotopic (exact) mass is 154 g/mol. The van der Waals surface area contributed by atoms with Gasteiger partial charge in [-0.2, -0.15) is 0 Å². The Morgan fingerprint density at radius 1 is 1.82 bits per heavy atom. The van der Waals surface area contributed by atoms with E-state index < -0.39 is 0 Å². The first-order valence-corrected chi connectivity index (χ1v) is 3.46. The lowest BCUT2D eigenvalue weighted by Gasteiger charge is -1.97. The third kappa shape index (κ3) is 2.41. The molecule has 0 amide bonds. The molecule has 1 aromatic heterocycles. The number of carbonyl (C=O) groups is 1. The van der Waals surface area contributed by atoms with E-state index in [1.54, 1.807) is 19.3 Å². The Hall–Kier alpha value is -1.32. The highest BCUT2D eigenvalue weighted by Gasteiger charge is 2.03. The number of aromatic nitrogens is 2. The van der Waals surface area contributed by atoms with Crippen molar-refractivity contribution in [3.8, 4) is 0 Å². The van der Waals surface area contributed by atoms with Crippen LogP contribution in [-0.2, 0) is 16.0 Å². The highest BCUT2D eigenvalue weighted by Crippen LogP contribution is 1.91. The largest absolute Gasteiger partial charge is 0.466 e. The van der Waals surface area contributed by atoms with Gasteiger partial charge in [0, 0.05) is 12.4 Å². The summed E-state index contributed by atoms with van der Waals surface area (Å²) in [6, 6.07) is 0. The number of nitrogens with zero attached hydrogens (tertiary/aromatic N) is 1. The quantitative estimate of drug-likeness (QED) is 0.645. The maximum Gasteiger partial charge on any atom is 0.313 e. The van der Waals surface area contributed by atoms with Gasteiger partial charge in [0.05, 0.1) is 6.61 Å². The molecule has 1 rings (SSSR count).